The highest BCUT2D eigenvalue weighted by Gasteiger charge is 2.34. The molecule has 2 aliphatic heterocycles. The molecule has 0 aromatic carbocycles. The largest absolute Gasteiger partial charge is 0.376 e. The van der Waals surface area contributed by atoms with Gasteiger partial charge in [-0.15, -0.1) is 0 Å². The van der Waals surface area contributed by atoms with Gasteiger partial charge >= 0.3 is 0 Å². The smallest absolute Gasteiger partial charge is 0.225 e. The highest BCUT2D eigenvalue weighted by molar-refractivity contribution is 5.89. The highest BCUT2D eigenvalue weighted by Crippen LogP contribution is 2.19. The van der Waals surface area contributed by atoms with Gasteiger partial charge in [-0.2, -0.15) is 0 Å². The summed E-state index contributed by atoms with van der Waals surface area (Å²) in [7, 11) is 0. The maximum Gasteiger partial charge on any atom is 0.225 e. The number of likely N-dealkylation sites (tertiary alicyclic amines) is 1. The Kier molecular flexibility index (Phi) is 5.19. The van der Waals surface area contributed by atoms with Crippen molar-refractivity contribution in [2.75, 3.05) is 26.2 Å². The number of rotatable bonds is 6. The van der Waals surface area contributed by atoms with E-state index in [1.54, 1.807) is 0 Å². The Balaban J connectivity index is 1.72. The average Bonchev–Trinajstić information content (AvgIpc) is 3.03. The lowest BCUT2D eigenvalue weighted by Gasteiger charge is -2.16. The zero-order valence-electron chi connectivity index (χ0n) is 11.7. The van der Waals surface area contributed by atoms with Gasteiger partial charge in [0.1, 0.15) is 0 Å². The minimum Gasteiger partial charge on any atom is -0.376 e. The minimum atomic E-state index is -0.175. The van der Waals surface area contributed by atoms with Crippen molar-refractivity contribution in [1.29, 1.82) is 0 Å². The maximum atomic E-state index is 12.0. The quantitative estimate of drug-likeness (QED) is 0.779. The van der Waals surface area contributed by atoms with Gasteiger partial charge in [0.15, 0.2) is 0 Å². The predicted octanol–water partition coefficient (Wildman–Crippen LogP) is 0.930. The zero-order chi connectivity index (χ0) is 13.7. The molecule has 2 atom stereocenters. The van der Waals surface area contributed by atoms with E-state index >= 15 is 0 Å². The number of hydrogen-bond acceptors (Lipinski definition) is 3. The van der Waals surface area contributed by atoms with Gasteiger partial charge < -0.3 is 15.0 Å². The third-order valence-electron chi connectivity index (χ3n) is 3.89. The van der Waals surface area contributed by atoms with Crippen LogP contribution < -0.4 is 5.32 Å². The molecule has 0 bridgehead atoms. The van der Waals surface area contributed by atoms with Gasteiger partial charge in [0.25, 0.3) is 0 Å². The molecule has 1 N–H and O–H groups in total. The van der Waals surface area contributed by atoms with Crippen molar-refractivity contribution in [2.24, 2.45) is 5.92 Å². The number of nitrogens with zero attached hydrogens (tertiary/aromatic N) is 1. The highest BCUT2D eigenvalue weighted by atomic mass is 16.5. The Hall–Kier alpha value is -1.10. The van der Waals surface area contributed by atoms with Gasteiger partial charge in [-0.1, -0.05) is 13.3 Å². The first-order chi connectivity index (χ1) is 9.20. The van der Waals surface area contributed by atoms with Crippen LogP contribution in [0.15, 0.2) is 0 Å². The van der Waals surface area contributed by atoms with E-state index in [0.29, 0.717) is 19.5 Å². The average molecular weight is 268 g/mol. The van der Waals surface area contributed by atoms with Crippen LogP contribution in [0.4, 0.5) is 0 Å². The Morgan fingerprint density at radius 1 is 1.53 bits per heavy atom. The maximum absolute atomic E-state index is 12.0. The summed E-state index contributed by atoms with van der Waals surface area (Å²) in [5, 5.41) is 2.92. The summed E-state index contributed by atoms with van der Waals surface area (Å²) >= 11 is 0. The molecule has 2 saturated heterocycles. The van der Waals surface area contributed by atoms with Crippen molar-refractivity contribution in [3.8, 4) is 0 Å². The molecule has 2 amide bonds. The second-order valence-corrected chi connectivity index (χ2v) is 5.47. The topological polar surface area (TPSA) is 58.6 Å². The fourth-order valence-electron chi connectivity index (χ4n) is 2.68. The molecule has 108 valence electrons. The van der Waals surface area contributed by atoms with E-state index in [-0.39, 0.29) is 23.8 Å². The number of unbranched alkanes of at least 4 members (excludes halogenated alkanes) is 1. The molecule has 5 nitrogen and oxygen atoms in total. The lowest BCUT2D eigenvalue weighted by atomic mass is 10.1. The molecule has 19 heavy (non-hydrogen) atoms. The molecule has 0 saturated carbocycles. The van der Waals surface area contributed by atoms with Gasteiger partial charge in [0.2, 0.25) is 11.8 Å². The first-order valence-electron chi connectivity index (χ1n) is 7.37. The van der Waals surface area contributed by atoms with Crippen molar-refractivity contribution in [2.45, 2.75) is 45.1 Å². The van der Waals surface area contributed by atoms with E-state index in [0.717, 1.165) is 38.8 Å². The molecular formula is C14H24N2O3. The van der Waals surface area contributed by atoms with Crippen LogP contribution in [0.2, 0.25) is 0 Å². The predicted molar refractivity (Wildman–Crippen MR) is 71.6 cm³/mol. The molecular weight excluding hydrogens is 244 g/mol. The first-order valence-corrected chi connectivity index (χ1v) is 7.37. The van der Waals surface area contributed by atoms with Crippen LogP contribution in [-0.4, -0.2) is 49.1 Å². The number of amides is 2. The standard InChI is InChI=1S/C14H24N2O3/c1-2-3-6-16-10-11(8-13(16)17)14(18)15-9-12-5-4-7-19-12/h11-12H,2-10H2,1H3,(H,15,18)/t11-,12+/m1/s1. The molecule has 0 spiro atoms. The fraction of sp³-hybridized carbons (Fsp3) is 0.857. The van der Waals surface area contributed by atoms with Gasteiger partial charge in [0.05, 0.1) is 12.0 Å². The van der Waals surface area contributed by atoms with Gasteiger partial charge in [-0.25, -0.2) is 0 Å². The summed E-state index contributed by atoms with van der Waals surface area (Å²) in [4.78, 5) is 25.6. The second-order valence-electron chi connectivity index (χ2n) is 5.47. The molecule has 5 heteroatoms. The lowest BCUT2D eigenvalue weighted by molar-refractivity contribution is -0.129. The molecule has 2 aliphatic rings. The summed E-state index contributed by atoms with van der Waals surface area (Å²) in [6.45, 7) is 4.85. The van der Waals surface area contributed by atoms with Crippen molar-refractivity contribution < 1.29 is 14.3 Å². The Labute approximate surface area is 114 Å². The SMILES string of the molecule is CCCCN1C[C@H](C(=O)NC[C@@H]2CCCO2)CC1=O. The zero-order valence-corrected chi connectivity index (χ0v) is 11.7. The summed E-state index contributed by atoms with van der Waals surface area (Å²) in [6.07, 6.45) is 4.70. The van der Waals surface area contributed by atoms with Crippen LogP contribution in [-0.2, 0) is 14.3 Å². The number of ether oxygens (including phenoxy) is 1. The van der Waals surface area contributed by atoms with E-state index in [1.165, 1.54) is 0 Å². The molecule has 0 unspecified atom stereocenters. The Morgan fingerprint density at radius 3 is 3.05 bits per heavy atom. The number of hydrogen-bond donors (Lipinski definition) is 1. The van der Waals surface area contributed by atoms with Crippen LogP contribution >= 0.6 is 0 Å². The molecule has 2 rings (SSSR count). The molecule has 0 radical (unpaired) electrons. The van der Waals surface area contributed by atoms with E-state index in [2.05, 4.69) is 12.2 Å². The van der Waals surface area contributed by atoms with Crippen LogP contribution in [0.3, 0.4) is 0 Å². The molecule has 0 aromatic heterocycles. The molecule has 0 aliphatic carbocycles. The van der Waals surface area contributed by atoms with Crippen LogP contribution in [0.1, 0.15) is 39.0 Å². The summed E-state index contributed by atoms with van der Waals surface area (Å²) in [5.74, 6) is -0.0562. The third kappa shape index (κ3) is 3.93. The Morgan fingerprint density at radius 2 is 2.37 bits per heavy atom. The first kappa shape index (κ1) is 14.3. The summed E-state index contributed by atoms with van der Waals surface area (Å²) in [5.41, 5.74) is 0. The molecule has 2 fully saturated rings. The van der Waals surface area contributed by atoms with Crippen LogP contribution in [0.5, 0.6) is 0 Å². The number of carbonyl (C=O) groups excluding carboxylic acids is 2. The second kappa shape index (κ2) is 6.89. The fourth-order valence-corrected chi connectivity index (χ4v) is 2.68. The third-order valence-corrected chi connectivity index (χ3v) is 3.89. The van der Waals surface area contributed by atoms with Crippen LogP contribution in [0, 0.1) is 5.92 Å². The Bertz CT molecular complexity index is 327. The van der Waals surface area contributed by atoms with Crippen LogP contribution in [0.25, 0.3) is 0 Å². The van der Waals surface area contributed by atoms with Crippen molar-refractivity contribution in [3.63, 3.8) is 0 Å². The van der Waals surface area contributed by atoms with Crippen molar-refractivity contribution in [1.82, 2.24) is 10.2 Å². The molecule has 0 aromatic rings. The van der Waals surface area contributed by atoms with Gasteiger partial charge in [-0.3, -0.25) is 9.59 Å². The number of carbonyl (C=O) groups is 2. The summed E-state index contributed by atoms with van der Waals surface area (Å²) in [6, 6.07) is 0. The summed E-state index contributed by atoms with van der Waals surface area (Å²) < 4.78 is 5.47. The van der Waals surface area contributed by atoms with E-state index < -0.39 is 0 Å². The van der Waals surface area contributed by atoms with E-state index in [4.69, 9.17) is 4.74 Å². The van der Waals surface area contributed by atoms with Crippen molar-refractivity contribution >= 4 is 11.8 Å². The monoisotopic (exact) mass is 268 g/mol. The van der Waals surface area contributed by atoms with E-state index in [9.17, 15) is 9.59 Å². The van der Waals surface area contributed by atoms with E-state index in [1.807, 2.05) is 4.90 Å². The van der Waals surface area contributed by atoms with Crippen molar-refractivity contribution in [3.05, 3.63) is 0 Å². The normalized spacial score (nSPS) is 27.0. The van der Waals surface area contributed by atoms with Gasteiger partial charge in [-0.05, 0) is 19.3 Å². The van der Waals surface area contributed by atoms with Gasteiger partial charge in [0, 0.05) is 32.7 Å². The number of nitrogens with one attached hydrogen (secondary N) is 1. The minimum absolute atomic E-state index is 0.00264. The molecule has 2 heterocycles. The lowest BCUT2D eigenvalue weighted by Crippen LogP contribution is -2.37.